The van der Waals surface area contributed by atoms with Crippen LogP contribution in [0.2, 0.25) is 0 Å². The number of aromatic nitrogens is 2. The van der Waals surface area contributed by atoms with Crippen molar-refractivity contribution in [1.29, 1.82) is 0 Å². The summed E-state index contributed by atoms with van der Waals surface area (Å²) in [6.07, 6.45) is 7.37. The number of carboxylic acid groups (broad SMARTS) is 2. The molecule has 2 aromatic heterocycles. The van der Waals surface area contributed by atoms with Crippen molar-refractivity contribution in [1.82, 2.24) is 4.98 Å². The number of pyridine rings is 2. The van der Waals surface area contributed by atoms with Crippen molar-refractivity contribution in [2.45, 2.75) is 19.9 Å². The van der Waals surface area contributed by atoms with Crippen molar-refractivity contribution in [3.63, 3.8) is 0 Å². The van der Waals surface area contributed by atoms with E-state index < -0.39 is 11.9 Å². The molecule has 0 bridgehead atoms. The van der Waals surface area contributed by atoms with E-state index >= 15 is 0 Å². The van der Waals surface area contributed by atoms with Crippen LogP contribution >= 0.6 is 0 Å². The largest absolute Gasteiger partial charge is 1.00 e. The molecule has 0 amide bonds. The average molecular weight is 416 g/mol. The summed E-state index contributed by atoms with van der Waals surface area (Å²) in [7, 11) is 0. The van der Waals surface area contributed by atoms with E-state index in [2.05, 4.69) is 11.9 Å². The van der Waals surface area contributed by atoms with Gasteiger partial charge in [0.15, 0.2) is 12.4 Å². The molecule has 0 aromatic carbocycles. The van der Waals surface area contributed by atoms with E-state index in [1.54, 1.807) is 24.4 Å². The summed E-state index contributed by atoms with van der Waals surface area (Å²) in [5, 5.41) is 17.0. The van der Waals surface area contributed by atoms with E-state index in [4.69, 9.17) is 10.2 Å². The van der Waals surface area contributed by atoms with Gasteiger partial charge in [0, 0.05) is 24.9 Å². The summed E-state index contributed by atoms with van der Waals surface area (Å²) in [4.78, 5) is 24.3. The lowest BCUT2D eigenvalue weighted by molar-refractivity contribution is -0.697. The molecule has 0 spiro atoms. The molecular weight excluding hydrogens is 399 g/mol. The van der Waals surface area contributed by atoms with Gasteiger partial charge in [0.2, 0.25) is 0 Å². The zero-order valence-corrected chi connectivity index (χ0v) is 14.2. The number of hydrogen-bond acceptors (Lipinski definition) is 3. The molecule has 0 saturated carbocycles. The molecule has 2 heterocycles. The number of carbonyl (C=O) groups is 2. The molecule has 0 aliphatic heterocycles. The summed E-state index contributed by atoms with van der Waals surface area (Å²) < 4.78 is 1.88. The summed E-state index contributed by atoms with van der Waals surface area (Å²) >= 11 is 0. The number of halogens is 1. The van der Waals surface area contributed by atoms with Crippen LogP contribution in [-0.2, 0) is 6.54 Å². The summed E-state index contributed by atoms with van der Waals surface area (Å²) in [6.45, 7) is 2.92. The molecule has 0 unspecified atom stereocenters. The second kappa shape index (κ2) is 10.7. The minimum Gasteiger partial charge on any atom is -1.00 e. The van der Waals surface area contributed by atoms with Crippen LogP contribution in [0.5, 0.6) is 0 Å². The smallest absolute Gasteiger partial charge is 0.341 e. The SMILES string of the molecule is CCC[n+]1cccc(C(=O)O)c1.O=C(O)c1cccnc1.[I-]. The summed E-state index contributed by atoms with van der Waals surface area (Å²) in [5.41, 5.74) is 0.559. The number of hydrogen-bond donors (Lipinski definition) is 2. The second-order valence-electron chi connectivity index (χ2n) is 4.18. The molecular formula is C15H17IN2O4. The lowest BCUT2D eigenvalue weighted by atomic mass is 10.3. The molecule has 0 aliphatic rings. The van der Waals surface area contributed by atoms with Crippen LogP contribution in [0, 0.1) is 0 Å². The number of carboxylic acids is 2. The Hall–Kier alpha value is -2.03. The molecule has 7 heteroatoms. The highest BCUT2D eigenvalue weighted by atomic mass is 127. The van der Waals surface area contributed by atoms with E-state index in [1.165, 1.54) is 18.5 Å². The average Bonchev–Trinajstić information content (AvgIpc) is 2.49. The van der Waals surface area contributed by atoms with Gasteiger partial charge in [-0.05, 0) is 18.2 Å². The Kier molecular flexibility index (Phi) is 9.68. The molecule has 0 aliphatic carbocycles. The lowest BCUT2D eigenvalue weighted by Gasteiger charge is -1.94. The summed E-state index contributed by atoms with van der Waals surface area (Å²) in [5.74, 6) is -1.82. The van der Waals surface area contributed by atoms with Crippen molar-refractivity contribution in [2.75, 3.05) is 0 Å². The third-order valence-corrected chi connectivity index (χ3v) is 2.50. The van der Waals surface area contributed by atoms with E-state index in [0.29, 0.717) is 5.56 Å². The summed E-state index contributed by atoms with van der Waals surface area (Å²) in [6, 6.07) is 6.42. The molecule has 2 rings (SSSR count). The first-order valence-corrected chi connectivity index (χ1v) is 6.40. The predicted molar refractivity (Wildman–Crippen MR) is 75.1 cm³/mol. The van der Waals surface area contributed by atoms with Gasteiger partial charge >= 0.3 is 11.9 Å². The maximum absolute atomic E-state index is 10.5. The zero-order valence-electron chi connectivity index (χ0n) is 12.0. The van der Waals surface area contributed by atoms with Crippen molar-refractivity contribution >= 4 is 11.9 Å². The molecule has 0 atom stereocenters. The topological polar surface area (TPSA) is 91.4 Å². The van der Waals surface area contributed by atoms with Gasteiger partial charge in [-0.2, -0.15) is 0 Å². The highest BCUT2D eigenvalue weighted by Gasteiger charge is 2.06. The third kappa shape index (κ3) is 7.11. The van der Waals surface area contributed by atoms with Crippen LogP contribution in [0.3, 0.4) is 0 Å². The van der Waals surface area contributed by atoms with E-state index in [0.717, 1.165) is 13.0 Å². The first-order valence-electron chi connectivity index (χ1n) is 6.40. The highest BCUT2D eigenvalue weighted by molar-refractivity contribution is 5.87. The Bertz CT molecular complexity index is 606. The first-order chi connectivity index (χ1) is 10.0. The van der Waals surface area contributed by atoms with Gasteiger partial charge in [-0.3, -0.25) is 4.98 Å². The number of nitrogens with zero attached hydrogens (tertiary/aromatic N) is 2. The van der Waals surface area contributed by atoms with Gasteiger partial charge in [0.05, 0.1) is 5.56 Å². The van der Waals surface area contributed by atoms with Crippen molar-refractivity contribution in [3.8, 4) is 0 Å². The minimum atomic E-state index is -0.942. The monoisotopic (exact) mass is 416 g/mol. The molecule has 0 saturated heterocycles. The van der Waals surface area contributed by atoms with Crippen LogP contribution < -0.4 is 28.5 Å². The zero-order chi connectivity index (χ0) is 15.7. The van der Waals surface area contributed by atoms with E-state index in [9.17, 15) is 9.59 Å². The Morgan fingerprint density at radius 3 is 2.23 bits per heavy atom. The number of aromatic carboxylic acids is 2. The molecule has 2 N–H and O–H groups in total. The van der Waals surface area contributed by atoms with Crippen LogP contribution in [0.4, 0.5) is 0 Å². The highest BCUT2D eigenvalue weighted by Crippen LogP contribution is 1.94. The van der Waals surface area contributed by atoms with E-state index in [1.807, 2.05) is 10.8 Å². The molecule has 0 radical (unpaired) electrons. The van der Waals surface area contributed by atoms with Crippen molar-refractivity contribution in [3.05, 3.63) is 60.2 Å². The minimum absolute atomic E-state index is 0. The number of rotatable bonds is 4. The van der Waals surface area contributed by atoms with Crippen LogP contribution in [0.25, 0.3) is 0 Å². The molecule has 2 aromatic rings. The molecule has 22 heavy (non-hydrogen) atoms. The maximum Gasteiger partial charge on any atom is 0.341 e. The fraction of sp³-hybridized carbons (Fsp3) is 0.200. The fourth-order valence-corrected chi connectivity index (χ4v) is 1.54. The van der Waals surface area contributed by atoms with Crippen LogP contribution in [0.1, 0.15) is 34.1 Å². The Morgan fingerprint density at radius 2 is 1.77 bits per heavy atom. The van der Waals surface area contributed by atoms with Gasteiger partial charge in [0.25, 0.3) is 0 Å². The molecule has 118 valence electrons. The first kappa shape index (κ1) is 20.0. The van der Waals surface area contributed by atoms with Gasteiger partial charge in [0.1, 0.15) is 12.1 Å². The number of aryl methyl sites for hydroxylation is 1. The lowest BCUT2D eigenvalue weighted by Crippen LogP contribution is -3.00. The van der Waals surface area contributed by atoms with Gasteiger partial charge in [-0.25, -0.2) is 14.2 Å². The molecule has 0 fully saturated rings. The quantitative estimate of drug-likeness (QED) is 0.486. The van der Waals surface area contributed by atoms with Crippen molar-refractivity contribution in [2.24, 2.45) is 0 Å². The van der Waals surface area contributed by atoms with Gasteiger partial charge < -0.3 is 34.2 Å². The Balaban J connectivity index is 0.000000397. The Labute approximate surface area is 145 Å². The fourth-order valence-electron chi connectivity index (χ4n) is 1.54. The van der Waals surface area contributed by atoms with Crippen molar-refractivity contribution < 1.29 is 48.3 Å². The third-order valence-electron chi connectivity index (χ3n) is 2.50. The molecule has 6 nitrogen and oxygen atoms in total. The van der Waals surface area contributed by atoms with Crippen LogP contribution in [0.15, 0.2) is 49.1 Å². The van der Waals surface area contributed by atoms with Gasteiger partial charge in [-0.15, -0.1) is 0 Å². The Morgan fingerprint density at radius 1 is 1.14 bits per heavy atom. The standard InChI is InChI=1S/C9H11NO2.C6H5NO2.HI/c1-2-5-10-6-3-4-8(7-10)9(11)12;8-6(9)5-2-1-3-7-4-5;/h3-4,6-7H,2,5H2,1H3;1-4H,(H,8,9);1H. The van der Waals surface area contributed by atoms with Gasteiger partial charge in [-0.1, -0.05) is 6.92 Å². The maximum atomic E-state index is 10.5. The van der Waals surface area contributed by atoms with E-state index in [-0.39, 0.29) is 29.5 Å². The normalized spacial score (nSPS) is 8.95. The predicted octanol–water partition coefficient (Wildman–Crippen LogP) is -1.13. The van der Waals surface area contributed by atoms with Crippen LogP contribution in [-0.4, -0.2) is 27.1 Å². The second-order valence-corrected chi connectivity index (χ2v) is 4.18.